The van der Waals surface area contributed by atoms with Crippen LogP contribution in [0.3, 0.4) is 0 Å². The molecule has 4 unspecified atom stereocenters. The number of hydrogen-bond donors (Lipinski definition) is 6. The first-order valence-electron chi connectivity index (χ1n) is 8.50. The highest BCUT2D eigenvalue weighted by Gasteiger charge is 2.34. The molecule has 0 N–H and O–H groups in total. The van der Waals surface area contributed by atoms with E-state index >= 15 is 0 Å². The predicted molar refractivity (Wildman–Crippen MR) is 191 cm³/mol. The van der Waals surface area contributed by atoms with Crippen LogP contribution in [0.15, 0.2) is 0 Å². The Bertz CT molecular complexity index is 390. The zero-order chi connectivity index (χ0) is 22.2. The van der Waals surface area contributed by atoms with Crippen LogP contribution in [0.2, 0.25) is 0 Å². The van der Waals surface area contributed by atoms with Gasteiger partial charge in [0, 0.05) is 46.6 Å². The van der Waals surface area contributed by atoms with Crippen molar-refractivity contribution in [3.05, 3.63) is 0 Å². The van der Waals surface area contributed by atoms with E-state index in [1.165, 1.54) is 10.8 Å². The topological polar surface area (TPSA) is 0 Å². The van der Waals surface area contributed by atoms with E-state index < -0.39 is 0 Å². The first kappa shape index (κ1) is 33.6. The highest BCUT2D eigenvalue weighted by atomic mass is 32.3. The molecule has 4 atom stereocenters. The lowest BCUT2D eigenvalue weighted by Crippen LogP contribution is -2.24. The molecule has 0 aromatic heterocycles. The molecule has 1 rings (SSSR count). The number of rotatable bonds is 19. The van der Waals surface area contributed by atoms with Gasteiger partial charge in [-0.05, 0) is 0 Å². The monoisotopic (exact) mass is 708 g/mol. The maximum Gasteiger partial charge on any atom is 0.0733 e. The van der Waals surface area contributed by atoms with Crippen molar-refractivity contribution >= 4 is 193 Å². The molecule has 0 spiro atoms. The third-order valence-electron chi connectivity index (χ3n) is 3.39. The molecule has 0 bridgehead atoms. The summed E-state index contributed by atoms with van der Waals surface area (Å²) in [5, 5.41) is 6.93. The van der Waals surface area contributed by atoms with Crippen molar-refractivity contribution in [1.29, 1.82) is 0 Å². The molecule has 1 aliphatic heterocycles. The third-order valence-corrected chi connectivity index (χ3v) is 21.3. The fourth-order valence-electron chi connectivity index (χ4n) is 2.20. The fourth-order valence-corrected chi connectivity index (χ4v) is 22.2. The second-order valence-corrected chi connectivity index (χ2v) is 23.0. The van der Waals surface area contributed by atoms with Gasteiger partial charge in [-0.25, -0.2) is 0 Å². The molecule has 1 saturated heterocycles. The van der Waals surface area contributed by atoms with Crippen LogP contribution in [-0.2, 0) is 0 Å². The molecular weight excluding hydrogens is 681 g/mol. The Hall–Kier alpha value is 5.60. The molecule has 0 amide bonds. The van der Waals surface area contributed by atoms with Gasteiger partial charge in [0.2, 0.25) is 0 Å². The maximum atomic E-state index is 4.54. The van der Waals surface area contributed by atoms with E-state index in [1.807, 2.05) is 70.6 Å². The van der Waals surface area contributed by atoms with Gasteiger partial charge in [0.25, 0.3) is 0 Å². The summed E-state index contributed by atoms with van der Waals surface area (Å²) < 4.78 is 2.51. The van der Waals surface area contributed by atoms with E-state index in [-0.39, 0.29) is 0 Å². The Kier molecular flexibility index (Phi) is 25.3. The Morgan fingerprint density at radius 2 is 1.07 bits per heavy atom. The molecule has 0 nitrogen and oxygen atoms in total. The van der Waals surface area contributed by atoms with Crippen molar-refractivity contribution in [3.8, 4) is 0 Å². The molecule has 1 heterocycles. The van der Waals surface area contributed by atoms with Crippen LogP contribution in [0.4, 0.5) is 0 Å². The van der Waals surface area contributed by atoms with Gasteiger partial charge in [-0.1, -0.05) is 0 Å². The van der Waals surface area contributed by atoms with Crippen LogP contribution in [0.5, 0.6) is 0 Å². The quantitative estimate of drug-likeness (QED) is 0.0568. The van der Waals surface area contributed by atoms with Gasteiger partial charge < -0.3 is 0 Å². The summed E-state index contributed by atoms with van der Waals surface area (Å²) in [6.45, 7) is 0. The van der Waals surface area contributed by atoms with Crippen LogP contribution < -0.4 is 0 Å². The lowest BCUT2D eigenvalue weighted by Gasteiger charge is -2.32. The Balaban J connectivity index is 2.90. The lowest BCUT2D eigenvalue weighted by molar-refractivity contribution is 1.11. The molecule has 30 heavy (non-hydrogen) atoms. The summed E-state index contributed by atoms with van der Waals surface area (Å²) >= 11 is 47.0. The second kappa shape index (κ2) is 22.6. The normalized spacial score (nSPS) is 21.6. The number of thioether (sulfide) groups is 10. The minimum Gasteiger partial charge on any atom is -0.168 e. The van der Waals surface area contributed by atoms with E-state index in [9.17, 15) is 0 Å². The summed E-state index contributed by atoms with van der Waals surface area (Å²) in [6, 6.07) is 0. The smallest absolute Gasteiger partial charge is 0.0733 e. The maximum absolute atomic E-state index is 4.54. The zero-order valence-electron chi connectivity index (χ0n) is 15.9. The van der Waals surface area contributed by atoms with Crippen LogP contribution >= 0.6 is 193 Å². The largest absolute Gasteiger partial charge is 0.168 e. The average molecular weight is 709 g/mol. The van der Waals surface area contributed by atoms with E-state index in [0.29, 0.717) is 28.2 Å². The first-order chi connectivity index (χ1) is 14.6. The molecule has 180 valence electrons. The molecule has 16 heteroatoms. The molecule has 0 aromatic carbocycles. The lowest BCUT2D eigenvalue weighted by atomic mass is 10.5. The SMILES string of the molecule is SCSC1SCSC1CSC(SC(SCS)C(SCS)SCS)C(SCS)SCS. The van der Waals surface area contributed by atoms with Gasteiger partial charge in [0.1, 0.15) is 0 Å². The fraction of sp³-hybridized carbons (Fsp3) is 1.00. The summed E-state index contributed by atoms with van der Waals surface area (Å²) in [5.41, 5.74) is 0. The first-order valence-corrected chi connectivity index (χ1v) is 22.7. The zero-order valence-corrected chi connectivity index (χ0v) is 29.4. The summed E-state index contributed by atoms with van der Waals surface area (Å²) in [4.78, 5) is 0. The van der Waals surface area contributed by atoms with Crippen molar-refractivity contribution in [1.82, 2.24) is 0 Å². The van der Waals surface area contributed by atoms with E-state index in [0.717, 1.165) is 30.5 Å². The predicted octanol–water partition coefficient (Wildman–Crippen LogP) is 8.61. The molecule has 0 saturated carbocycles. The van der Waals surface area contributed by atoms with Crippen molar-refractivity contribution in [3.63, 3.8) is 0 Å². The van der Waals surface area contributed by atoms with E-state index in [4.69, 9.17) is 0 Å². The molecular formula is C14H28S16. The minimum atomic E-state index is 0.450. The van der Waals surface area contributed by atoms with Crippen molar-refractivity contribution < 1.29 is 0 Å². The summed E-state index contributed by atoms with van der Waals surface area (Å²) in [5.74, 6) is 1.18. The summed E-state index contributed by atoms with van der Waals surface area (Å²) in [7, 11) is 0. The number of hydrogen-bond acceptors (Lipinski definition) is 16. The molecule has 0 radical (unpaired) electrons. The number of thiol groups is 6. The minimum absolute atomic E-state index is 0.450. The summed E-state index contributed by atoms with van der Waals surface area (Å²) in [6.07, 6.45) is 0. The molecule has 0 aliphatic carbocycles. The Morgan fingerprint density at radius 1 is 0.600 bits per heavy atom. The third kappa shape index (κ3) is 13.9. The Morgan fingerprint density at radius 3 is 1.53 bits per heavy atom. The van der Waals surface area contributed by atoms with Crippen molar-refractivity contribution in [2.45, 2.75) is 28.2 Å². The van der Waals surface area contributed by atoms with Gasteiger partial charge in [-0.15, -0.1) is 118 Å². The van der Waals surface area contributed by atoms with Gasteiger partial charge in [-0.2, -0.15) is 75.8 Å². The standard InChI is InChI=1S/C14H28S16/c15-2-22-10-9(28-8-29-10)1-21-13(11(23-3-16)24-4-17)30-14(27-7-20)12(25-5-18)26-6-19/h9-20H,1-8H2. The molecule has 1 fully saturated rings. The van der Waals surface area contributed by atoms with Gasteiger partial charge >= 0.3 is 0 Å². The van der Waals surface area contributed by atoms with Crippen LogP contribution in [0, 0.1) is 0 Å². The van der Waals surface area contributed by atoms with Crippen LogP contribution in [0.1, 0.15) is 0 Å². The van der Waals surface area contributed by atoms with E-state index in [2.05, 4.69) is 123 Å². The van der Waals surface area contributed by atoms with Gasteiger partial charge in [-0.3, -0.25) is 0 Å². The van der Waals surface area contributed by atoms with E-state index in [1.54, 1.807) is 0 Å². The van der Waals surface area contributed by atoms with Gasteiger partial charge in [0.05, 0.1) is 22.9 Å². The highest BCUT2D eigenvalue weighted by Crippen LogP contribution is 2.51. The molecule has 0 aromatic rings. The second-order valence-electron chi connectivity index (χ2n) is 5.08. The van der Waals surface area contributed by atoms with Crippen LogP contribution in [0.25, 0.3) is 0 Å². The van der Waals surface area contributed by atoms with Gasteiger partial charge in [0.15, 0.2) is 0 Å². The van der Waals surface area contributed by atoms with Crippen molar-refractivity contribution in [2.75, 3.05) is 41.3 Å². The van der Waals surface area contributed by atoms with Crippen molar-refractivity contribution in [2.24, 2.45) is 0 Å². The van der Waals surface area contributed by atoms with Crippen LogP contribution in [-0.4, -0.2) is 69.5 Å². The Labute approximate surface area is 259 Å². The highest BCUT2D eigenvalue weighted by molar-refractivity contribution is 8.32. The molecule has 1 aliphatic rings. The average Bonchev–Trinajstić information content (AvgIpc) is 3.17.